The molecule has 2 nitrogen and oxygen atoms in total. The van der Waals surface area contributed by atoms with Crippen molar-refractivity contribution in [3.05, 3.63) is 27.2 Å². The Morgan fingerprint density at radius 2 is 2.20 bits per heavy atom. The Morgan fingerprint density at radius 3 is 2.73 bits per heavy atom. The van der Waals surface area contributed by atoms with Crippen LogP contribution in [0.1, 0.15) is 24.8 Å². The summed E-state index contributed by atoms with van der Waals surface area (Å²) in [7, 11) is 1.63. The molecule has 0 saturated heterocycles. The third-order valence-electron chi connectivity index (χ3n) is 2.37. The summed E-state index contributed by atoms with van der Waals surface area (Å²) in [6, 6.07) is 3.87. The minimum absolute atomic E-state index is 0.347. The van der Waals surface area contributed by atoms with Gasteiger partial charge in [-0.1, -0.05) is 34.5 Å². The molecule has 15 heavy (non-hydrogen) atoms. The summed E-state index contributed by atoms with van der Waals surface area (Å²) in [5.41, 5.74) is 6.65. The number of nitrogens with two attached hydrogens (primary N) is 1. The van der Waals surface area contributed by atoms with Crippen molar-refractivity contribution >= 4 is 27.5 Å². The van der Waals surface area contributed by atoms with Gasteiger partial charge in [-0.15, -0.1) is 0 Å². The van der Waals surface area contributed by atoms with E-state index < -0.39 is 0 Å². The van der Waals surface area contributed by atoms with Crippen LogP contribution in [0.15, 0.2) is 16.6 Å². The van der Waals surface area contributed by atoms with Crippen molar-refractivity contribution in [1.82, 2.24) is 0 Å². The van der Waals surface area contributed by atoms with Crippen molar-refractivity contribution in [1.29, 1.82) is 0 Å². The molecule has 0 aliphatic carbocycles. The van der Waals surface area contributed by atoms with Gasteiger partial charge in [0.25, 0.3) is 0 Å². The summed E-state index contributed by atoms with van der Waals surface area (Å²) in [5.74, 6) is 1.10. The first-order valence-corrected chi connectivity index (χ1v) is 6.00. The van der Waals surface area contributed by atoms with Gasteiger partial charge >= 0.3 is 0 Å². The van der Waals surface area contributed by atoms with Gasteiger partial charge in [0.05, 0.1) is 12.1 Å². The van der Waals surface area contributed by atoms with Crippen LogP contribution in [0.5, 0.6) is 5.75 Å². The molecule has 0 fully saturated rings. The second-order valence-electron chi connectivity index (χ2n) is 3.49. The Kier molecular flexibility index (Phi) is 4.90. The number of hydrogen-bond acceptors (Lipinski definition) is 2. The van der Waals surface area contributed by atoms with Crippen LogP contribution in [0, 0.1) is 0 Å². The molecule has 0 aliphatic heterocycles. The van der Waals surface area contributed by atoms with E-state index in [-0.39, 0.29) is 0 Å². The molecule has 4 heteroatoms. The Morgan fingerprint density at radius 1 is 1.53 bits per heavy atom. The van der Waals surface area contributed by atoms with Crippen molar-refractivity contribution in [2.75, 3.05) is 13.7 Å². The number of ether oxygens (including phenoxy) is 1. The summed E-state index contributed by atoms with van der Waals surface area (Å²) in [5, 5.41) is 0.630. The highest BCUT2D eigenvalue weighted by atomic mass is 79.9. The van der Waals surface area contributed by atoms with Gasteiger partial charge in [0, 0.05) is 4.47 Å². The van der Waals surface area contributed by atoms with Crippen LogP contribution in [0.25, 0.3) is 0 Å². The molecule has 1 unspecified atom stereocenters. The second-order valence-corrected chi connectivity index (χ2v) is 4.81. The zero-order chi connectivity index (χ0) is 11.4. The van der Waals surface area contributed by atoms with E-state index in [9.17, 15) is 0 Å². The largest absolute Gasteiger partial charge is 0.495 e. The van der Waals surface area contributed by atoms with E-state index in [0.717, 1.165) is 22.2 Å². The van der Waals surface area contributed by atoms with Gasteiger partial charge in [-0.3, -0.25) is 0 Å². The lowest BCUT2D eigenvalue weighted by Gasteiger charge is -2.16. The molecule has 1 rings (SSSR count). The van der Waals surface area contributed by atoms with Gasteiger partial charge in [-0.2, -0.15) is 0 Å². The average Bonchev–Trinajstić information content (AvgIpc) is 2.17. The maximum Gasteiger partial charge on any atom is 0.140 e. The van der Waals surface area contributed by atoms with E-state index in [4.69, 9.17) is 22.1 Å². The molecule has 0 heterocycles. The topological polar surface area (TPSA) is 35.2 Å². The smallest absolute Gasteiger partial charge is 0.140 e. The predicted octanol–water partition coefficient (Wildman–Crippen LogP) is 3.56. The molecule has 1 aromatic carbocycles. The quantitative estimate of drug-likeness (QED) is 0.921. The molecular formula is C11H15BrClNO. The maximum absolute atomic E-state index is 6.09. The van der Waals surface area contributed by atoms with Crippen molar-refractivity contribution in [3.63, 3.8) is 0 Å². The van der Waals surface area contributed by atoms with Gasteiger partial charge < -0.3 is 10.5 Å². The lowest BCUT2D eigenvalue weighted by molar-refractivity contribution is 0.405. The predicted molar refractivity (Wildman–Crippen MR) is 67.8 cm³/mol. The molecule has 0 bridgehead atoms. The summed E-state index contributed by atoms with van der Waals surface area (Å²) in [6.07, 6.45) is 0.920. The molecular weight excluding hydrogens is 277 g/mol. The van der Waals surface area contributed by atoms with E-state index in [2.05, 4.69) is 22.9 Å². The van der Waals surface area contributed by atoms with Crippen LogP contribution in [-0.2, 0) is 0 Å². The fourth-order valence-electron chi connectivity index (χ4n) is 1.57. The first kappa shape index (κ1) is 12.8. The zero-order valence-electron chi connectivity index (χ0n) is 8.89. The number of methoxy groups -OCH3 is 1. The lowest BCUT2D eigenvalue weighted by atomic mass is 9.97. The third kappa shape index (κ3) is 3.10. The van der Waals surface area contributed by atoms with Crippen molar-refractivity contribution in [2.24, 2.45) is 5.73 Å². The maximum atomic E-state index is 6.09. The standard InChI is InChI=1S/C11H15BrClNO/c1-7(3-4-14)9-5-8(12)6-10(13)11(9)15-2/h5-7H,3-4,14H2,1-2H3. The monoisotopic (exact) mass is 291 g/mol. The van der Waals surface area contributed by atoms with Crippen LogP contribution in [0.3, 0.4) is 0 Å². The Hall–Kier alpha value is -0.250. The molecule has 0 aromatic heterocycles. The second kappa shape index (κ2) is 5.73. The lowest BCUT2D eigenvalue weighted by Crippen LogP contribution is -2.06. The van der Waals surface area contributed by atoms with Crippen LogP contribution in [-0.4, -0.2) is 13.7 Å². The summed E-state index contributed by atoms with van der Waals surface area (Å²) in [4.78, 5) is 0. The number of halogens is 2. The first-order chi connectivity index (χ1) is 7.10. The highest BCUT2D eigenvalue weighted by Crippen LogP contribution is 2.37. The Bertz CT molecular complexity index is 344. The fraction of sp³-hybridized carbons (Fsp3) is 0.455. The molecule has 1 aromatic rings. The van der Waals surface area contributed by atoms with E-state index >= 15 is 0 Å². The molecule has 0 aliphatic rings. The van der Waals surface area contributed by atoms with Crippen LogP contribution in [0.4, 0.5) is 0 Å². The van der Waals surface area contributed by atoms with Gasteiger partial charge in [-0.05, 0) is 36.6 Å². The average molecular weight is 293 g/mol. The highest BCUT2D eigenvalue weighted by Gasteiger charge is 2.14. The highest BCUT2D eigenvalue weighted by molar-refractivity contribution is 9.10. The van der Waals surface area contributed by atoms with Crippen molar-refractivity contribution < 1.29 is 4.74 Å². The molecule has 0 amide bonds. The molecule has 0 spiro atoms. The normalized spacial score (nSPS) is 12.6. The van der Waals surface area contributed by atoms with E-state index in [1.165, 1.54) is 0 Å². The van der Waals surface area contributed by atoms with Crippen molar-refractivity contribution in [2.45, 2.75) is 19.3 Å². The number of benzene rings is 1. The van der Waals surface area contributed by atoms with Crippen LogP contribution in [0.2, 0.25) is 5.02 Å². The van der Waals surface area contributed by atoms with Gasteiger partial charge in [-0.25, -0.2) is 0 Å². The molecule has 1 atom stereocenters. The summed E-state index contributed by atoms with van der Waals surface area (Å²) >= 11 is 9.52. The SMILES string of the molecule is COc1c(Cl)cc(Br)cc1C(C)CCN. The number of hydrogen-bond donors (Lipinski definition) is 1. The first-order valence-electron chi connectivity index (χ1n) is 4.83. The number of rotatable bonds is 4. The molecule has 84 valence electrons. The zero-order valence-corrected chi connectivity index (χ0v) is 11.2. The minimum Gasteiger partial charge on any atom is -0.495 e. The molecule has 2 N–H and O–H groups in total. The van der Waals surface area contributed by atoms with Crippen LogP contribution < -0.4 is 10.5 Å². The third-order valence-corrected chi connectivity index (χ3v) is 3.11. The van der Waals surface area contributed by atoms with Gasteiger partial charge in [0.1, 0.15) is 5.75 Å². The molecule has 0 saturated carbocycles. The Labute approximate surface area is 104 Å². The fourth-order valence-corrected chi connectivity index (χ4v) is 2.48. The van der Waals surface area contributed by atoms with Crippen LogP contribution >= 0.6 is 27.5 Å². The van der Waals surface area contributed by atoms with Crippen molar-refractivity contribution in [3.8, 4) is 5.75 Å². The van der Waals surface area contributed by atoms with Gasteiger partial charge in [0.2, 0.25) is 0 Å². The minimum atomic E-state index is 0.347. The van der Waals surface area contributed by atoms with E-state index in [1.807, 2.05) is 12.1 Å². The summed E-state index contributed by atoms with van der Waals surface area (Å²) in [6.45, 7) is 2.78. The van der Waals surface area contributed by atoms with Gasteiger partial charge in [0.15, 0.2) is 0 Å². The molecule has 0 radical (unpaired) electrons. The summed E-state index contributed by atoms with van der Waals surface area (Å²) < 4.78 is 6.27. The van der Waals surface area contributed by atoms with E-state index in [1.54, 1.807) is 7.11 Å². The van der Waals surface area contributed by atoms with E-state index in [0.29, 0.717) is 17.5 Å². The Balaban J connectivity index is 3.13.